The van der Waals surface area contributed by atoms with Crippen LogP contribution >= 0.6 is 0 Å². The molecular formula is C15H19NO. The van der Waals surface area contributed by atoms with Crippen LogP contribution in [0, 0.1) is 11.8 Å². The van der Waals surface area contributed by atoms with Crippen LogP contribution in [0.1, 0.15) is 38.8 Å². The van der Waals surface area contributed by atoms with Gasteiger partial charge in [-0.15, -0.1) is 0 Å². The van der Waals surface area contributed by atoms with E-state index in [0.717, 1.165) is 17.9 Å². The molecule has 0 bridgehead atoms. The van der Waals surface area contributed by atoms with Crippen LogP contribution in [0.2, 0.25) is 0 Å². The molecule has 0 saturated heterocycles. The van der Waals surface area contributed by atoms with Gasteiger partial charge in [-0.2, -0.15) is 0 Å². The first-order valence-electron chi connectivity index (χ1n) is 5.87. The minimum absolute atomic E-state index is 0.0747. The summed E-state index contributed by atoms with van der Waals surface area (Å²) in [7, 11) is 0. The molecule has 2 N–H and O–H groups in total. The molecule has 1 heterocycles. The summed E-state index contributed by atoms with van der Waals surface area (Å²) in [5, 5.41) is 0. The van der Waals surface area contributed by atoms with Crippen LogP contribution in [0.4, 0.5) is 0 Å². The largest absolute Gasteiger partial charge is 0.492 e. The van der Waals surface area contributed by atoms with Gasteiger partial charge in [0.1, 0.15) is 5.75 Å². The van der Waals surface area contributed by atoms with E-state index in [0.29, 0.717) is 0 Å². The van der Waals surface area contributed by atoms with Gasteiger partial charge in [-0.3, -0.25) is 0 Å². The highest BCUT2D eigenvalue weighted by molar-refractivity contribution is 5.49. The fraction of sp³-hybridized carbons (Fsp3) is 0.467. The van der Waals surface area contributed by atoms with Crippen LogP contribution in [-0.2, 0) is 5.41 Å². The minimum Gasteiger partial charge on any atom is -0.492 e. The van der Waals surface area contributed by atoms with Gasteiger partial charge in [-0.25, -0.2) is 0 Å². The summed E-state index contributed by atoms with van der Waals surface area (Å²) in [5.41, 5.74) is 7.71. The third kappa shape index (κ3) is 2.62. The maximum atomic E-state index is 5.85. The van der Waals surface area contributed by atoms with Crippen LogP contribution in [-0.4, -0.2) is 12.1 Å². The molecule has 1 aliphatic rings. The number of rotatable bonds is 0. The Bertz CT molecular complexity index is 498. The molecule has 90 valence electrons. The SMILES string of the molecule is CC(C)(N)C#Cc1ccc2c(c1)C(C)(C)CO2. The summed E-state index contributed by atoms with van der Waals surface area (Å²) >= 11 is 0. The molecule has 0 spiro atoms. The van der Waals surface area contributed by atoms with E-state index in [2.05, 4.69) is 31.8 Å². The van der Waals surface area contributed by atoms with Crippen molar-refractivity contribution >= 4 is 0 Å². The van der Waals surface area contributed by atoms with Gasteiger partial charge >= 0.3 is 0 Å². The number of ether oxygens (including phenoxy) is 1. The molecule has 1 aromatic rings. The molecule has 0 saturated carbocycles. The van der Waals surface area contributed by atoms with Crippen LogP contribution < -0.4 is 10.5 Å². The lowest BCUT2D eigenvalue weighted by Crippen LogP contribution is -2.29. The normalized spacial score (nSPS) is 16.8. The first kappa shape index (κ1) is 12.0. The number of nitrogens with two attached hydrogens (primary N) is 1. The Kier molecular flexibility index (Phi) is 2.67. The molecule has 0 aromatic heterocycles. The molecule has 0 fully saturated rings. The number of hydrogen-bond acceptors (Lipinski definition) is 2. The molecule has 0 unspecified atom stereocenters. The predicted octanol–water partition coefficient (Wildman–Crippen LogP) is 2.45. The highest BCUT2D eigenvalue weighted by atomic mass is 16.5. The van der Waals surface area contributed by atoms with E-state index in [1.807, 2.05) is 26.0 Å². The van der Waals surface area contributed by atoms with Crippen molar-refractivity contribution in [2.75, 3.05) is 6.61 Å². The van der Waals surface area contributed by atoms with E-state index in [4.69, 9.17) is 10.5 Å². The second kappa shape index (κ2) is 3.78. The summed E-state index contributed by atoms with van der Waals surface area (Å²) in [4.78, 5) is 0. The minimum atomic E-state index is -0.453. The summed E-state index contributed by atoms with van der Waals surface area (Å²) in [6, 6.07) is 6.09. The Balaban J connectivity index is 2.37. The van der Waals surface area contributed by atoms with Crippen LogP contribution in [0.15, 0.2) is 18.2 Å². The fourth-order valence-corrected chi connectivity index (χ4v) is 1.83. The molecule has 1 aliphatic heterocycles. The first-order valence-corrected chi connectivity index (χ1v) is 5.87. The second-order valence-corrected chi connectivity index (χ2v) is 5.86. The lowest BCUT2D eigenvalue weighted by molar-refractivity contribution is 0.291. The second-order valence-electron chi connectivity index (χ2n) is 5.86. The molecule has 0 atom stereocenters. The van der Waals surface area contributed by atoms with Gasteiger partial charge in [0.2, 0.25) is 0 Å². The van der Waals surface area contributed by atoms with E-state index >= 15 is 0 Å². The van der Waals surface area contributed by atoms with E-state index < -0.39 is 5.54 Å². The van der Waals surface area contributed by atoms with Crippen molar-refractivity contribution in [2.45, 2.75) is 38.6 Å². The molecule has 0 aliphatic carbocycles. The molecule has 2 heteroatoms. The zero-order chi connectivity index (χ0) is 12.7. The average Bonchev–Trinajstić information content (AvgIpc) is 2.51. The van der Waals surface area contributed by atoms with Gasteiger partial charge in [-0.05, 0) is 32.0 Å². The molecular weight excluding hydrogens is 210 g/mol. The number of hydrogen-bond donors (Lipinski definition) is 1. The van der Waals surface area contributed by atoms with Gasteiger partial charge in [-0.1, -0.05) is 25.7 Å². The van der Waals surface area contributed by atoms with Crippen molar-refractivity contribution in [3.05, 3.63) is 29.3 Å². The maximum Gasteiger partial charge on any atom is 0.123 e. The Morgan fingerprint density at radius 1 is 1.35 bits per heavy atom. The van der Waals surface area contributed by atoms with Gasteiger partial charge in [0.15, 0.2) is 0 Å². The first-order chi connectivity index (χ1) is 7.78. The smallest absolute Gasteiger partial charge is 0.123 e. The van der Waals surface area contributed by atoms with Gasteiger partial charge in [0, 0.05) is 16.5 Å². The van der Waals surface area contributed by atoms with Crippen molar-refractivity contribution in [1.82, 2.24) is 0 Å². The number of benzene rings is 1. The summed E-state index contributed by atoms with van der Waals surface area (Å²) in [5.74, 6) is 7.14. The molecule has 2 nitrogen and oxygen atoms in total. The van der Waals surface area contributed by atoms with Gasteiger partial charge in [0.25, 0.3) is 0 Å². The topological polar surface area (TPSA) is 35.2 Å². The van der Waals surface area contributed by atoms with Crippen molar-refractivity contribution < 1.29 is 4.74 Å². The third-order valence-corrected chi connectivity index (χ3v) is 2.83. The van der Waals surface area contributed by atoms with Crippen LogP contribution in [0.5, 0.6) is 5.75 Å². The Morgan fingerprint density at radius 2 is 2.06 bits per heavy atom. The Labute approximate surface area is 103 Å². The Hall–Kier alpha value is -1.46. The van der Waals surface area contributed by atoms with E-state index in [1.165, 1.54) is 5.56 Å². The van der Waals surface area contributed by atoms with Crippen LogP contribution in [0.25, 0.3) is 0 Å². The van der Waals surface area contributed by atoms with Gasteiger partial charge in [0.05, 0.1) is 12.1 Å². The lowest BCUT2D eigenvalue weighted by Gasteiger charge is -2.15. The Morgan fingerprint density at radius 3 is 2.71 bits per heavy atom. The summed E-state index contributed by atoms with van der Waals surface area (Å²) in [6.45, 7) is 8.91. The van der Waals surface area contributed by atoms with Crippen molar-refractivity contribution in [3.63, 3.8) is 0 Å². The van der Waals surface area contributed by atoms with E-state index in [1.54, 1.807) is 0 Å². The molecule has 2 rings (SSSR count). The van der Waals surface area contributed by atoms with Crippen molar-refractivity contribution in [1.29, 1.82) is 0 Å². The van der Waals surface area contributed by atoms with Crippen LogP contribution in [0.3, 0.4) is 0 Å². The molecule has 0 amide bonds. The van der Waals surface area contributed by atoms with Crippen molar-refractivity contribution in [3.8, 4) is 17.6 Å². The van der Waals surface area contributed by atoms with Gasteiger partial charge < -0.3 is 10.5 Å². The fourth-order valence-electron chi connectivity index (χ4n) is 1.83. The zero-order valence-corrected chi connectivity index (χ0v) is 10.9. The lowest BCUT2D eigenvalue weighted by atomic mass is 9.86. The maximum absolute atomic E-state index is 5.85. The average molecular weight is 229 g/mol. The van der Waals surface area contributed by atoms with E-state index in [-0.39, 0.29) is 5.41 Å². The predicted molar refractivity (Wildman–Crippen MR) is 70.1 cm³/mol. The van der Waals surface area contributed by atoms with E-state index in [9.17, 15) is 0 Å². The quantitative estimate of drug-likeness (QED) is 0.693. The summed E-state index contributed by atoms with van der Waals surface area (Å²) < 4.78 is 5.64. The molecule has 1 aromatic carbocycles. The third-order valence-electron chi connectivity index (χ3n) is 2.83. The zero-order valence-electron chi connectivity index (χ0n) is 10.9. The highest BCUT2D eigenvalue weighted by Crippen LogP contribution is 2.38. The standard InChI is InChI=1S/C15H19NO/c1-14(2)10-17-13-6-5-11(9-12(13)14)7-8-15(3,4)16/h5-6,9H,10,16H2,1-4H3. The van der Waals surface area contributed by atoms with Crippen molar-refractivity contribution in [2.24, 2.45) is 5.73 Å². The number of fused-ring (bicyclic) bond motifs is 1. The molecule has 17 heavy (non-hydrogen) atoms. The summed E-state index contributed by atoms with van der Waals surface area (Å²) in [6.07, 6.45) is 0. The molecule has 0 radical (unpaired) electrons. The monoisotopic (exact) mass is 229 g/mol. The highest BCUT2D eigenvalue weighted by Gasteiger charge is 2.31.